The molecule has 4 N–H and O–H groups in total. The predicted molar refractivity (Wildman–Crippen MR) is 138 cm³/mol. The number of aromatic nitrogens is 3. The molecule has 0 atom stereocenters. The van der Waals surface area contributed by atoms with Crippen LogP contribution in [0.2, 0.25) is 0 Å². The van der Waals surface area contributed by atoms with Gasteiger partial charge in [0.25, 0.3) is 5.91 Å². The topological polar surface area (TPSA) is 106 Å². The predicted octanol–water partition coefficient (Wildman–Crippen LogP) is 5.14. The number of nitrogen functional groups attached to an aromatic ring is 1. The number of pyridine rings is 1. The van der Waals surface area contributed by atoms with Crippen LogP contribution < -0.4 is 16.4 Å². The second-order valence-corrected chi connectivity index (χ2v) is 6.60. The Morgan fingerprint density at radius 1 is 0.906 bits per heavy atom. The fourth-order valence-electron chi connectivity index (χ4n) is 2.88. The van der Waals surface area contributed by atoms with E-state index in [4.69, 9.17) is 5.73 Å². The molecule has 32 heavy (non-hydrogen) atoms. The number of carbonyl (C=O) groups is 1. The molecular weight excluding hydrogens is 536 g/mol. The van der Waals surface area contributed by atoms with E-state index in [2.05, 4.69) is 25.6 Å². The third kappa shape index (κ3) is 6.35. The monoisotopic (exact) mass is 556 g/mol. The lowest BCUT2D eigenvalue weighted by atomic mass is 10.1. The van der Waals surface area contributed by atoms with E-state index in [0.29, 0.717) is 29.4 Å². The van der Waals surface area contributed by atoms with E-state index in [-0.39, 0.29) is 39.9 Å². The molecule has 0 unspecified atom stereocenters. The van der Waals surface area contributed by atoms with E-state index >= 15 is 0 Å². The molecule has 2 heterocycles. The number of benzene rings is 2. The molecule has 0 radical (unpaired) electrons. The summed E-state index contributed by atoms with van der Waals surface area (Å²) in [6.07, 6.45) is 5.20. The van der Waals surface area contributed by atoms with Gasteiger partial charge < -0.3 is 16.4 Å². The zero-order valence-electron chi connectivity index (χ0n) is 16.9. The first-order valence-corrected chi connectivity index (χ1v) is 9.41. The van der Waals surface area contributed by atoms with Gasteiger partial charge >= 0.3 is 0 Å². The Bertz CT molecular complexity index is 1160. The van der Waals surface area contributed by atoms with E-state index in [9.17, 15) is 4.79 Å². The van der Waals surface area contributed by atoms with Crippen molar-refractivity contribution in [3.8, 4) is 11.3 Å². The van der Waals surface area contributed by atoms with Crippen molar-refractivity contribution < 1.29 is 4.79 Å². The highest BCUT2D eigenvalue weighted by Crippen LogP contribution is 2.19. The lowest BCUT2D eigenvalue weighted by Gasteiger charge is -2.09. The van der Waals surface area contributed by atoms with Crippen LogP contribution in [0.3, 0.4) is 0 Å². The molecule has 0 aliphatic heterocycles. The van der Waals surface area contributed by atoms with E-state index in [1.54, 1.807) is 42.9 Å². The molecule has 2 aromatic carbocycles. The molecule has 0 fully saturated rings. The Morgan fingerprint density at radius 2 is 1.69 bits per heavy atom. The number of rotatable bonds is 6. The minimum Gasteiger partial charge on any atom is -0.397 e. The van der Waals surface area contributed by atoms with Gasteiger partial charge in [-0.05, 0) is 48.0 Å². The van der Waals surface area contributed by atoms with Crippen LogP contribution in [-0.2, 0) is 6.54 Å². The summed E-state index contributed by atoms with van der Waals surface area (Å²) >= 11 is 0. The van der Waals surface area contributed by atoms with Crippen LogP contribution in [0.15, 0.2) is 85.3 Å². The van der Waals surface area contributed by atoms with Crippen LogP contribution in [-0.4, -0.2) is 20.9 Å². The van der Waals surface area contributed by atoms with Gasteiger partial charge in [0.1, 0.15) is 0 Å². The minimum absolute atomic E-state index is 0. The first kappa shape index (κ1) is 25.0. The Kier molecular flexibility index (Phi) is 9.30. The summed E-state index contributed by atoms with van der Waals surface area (Å²) < 4.78 is 0. The Morgan fingerprint density at radius 3 is 2.41 bits per heavy atom. The molecule has 1 amide bonds. The van der Waals surface area contributed by atoms with E-state index in [1.807, 2.05) is 42.5 Å². The van der Waals surface area contributed by atoms with Gasteiger partial charge in [0.2, 0.25) is 5.95 Å². The Balaban J connectivity index is 0.00000181. The van der Waals surface area contributed by atoms with Gasteiger partial charge in [0.05, 0.1) is 17.1 Å². The molecule has 9 heteroatoms. The number of nitrogens with zero attached hydrogens (tertiary/aromatic N) is 3. The van der Waals surface area contributed by atoms with Crippen LogP contribution in [0.4, 0.5) is 17.3 Å². The molecule has 4 aromatic rings. The van der Waals surface area contributed by atoms with Crippen molar-refractivity contribution in [3.05, 3.63) is 96.4 Å². The van der Waals surface area contributed by atoms with E-state index in [0.717, 1.165) is 16.8 Å². The first-order valence-electron chi connectivity index (χ1n) is 9.41. The lowest BCUT2D eigenvalue weighted by molar-refractivity contribution is 0.102. The van der Waals surface area contributed by atoms with Crippen LogP contribution in [0.5, 0.6) is 0 Å². The Hall–Kier alpha value is -3.30. The van der Waals surface area contributed by atoms with Gasteiger partial charge in [-0.1, -0.05) is 24.3 Å². The van der Waals surface area contributed by atoms with E-state index in [1.165, 1.54) is 0 Å². The van der Waals surface area contributed by atoms with Crippen molar-refractivity contribution in [3.63, 3.8) is 0 Å². The molecule has 0 aliphatic carbocycles. The van der Waals surface area contributed by atoms with Crippen molar-refractivity contribution in [2.24, 2.45) is 0 Å². The number of carbonyl (C=O) groups excluding carboxylic acids is 1. The normalized spacial score (nSPS) is 9.75. The maximum Gasteiger partial charge on any atom is 0.255 e. The van der Waals surface area contributed by atoms with Gasteiger partial charge in [-0.15, -0.1) is 34.0 Å². The summed E-state index contributed by atoms with van der Waals surface area (Å²) in [7, 11) is 0. The maximum atomic E-state index is 12.4. The summed E-state index contributed by atoms with van der Waals surface area (Å²) in [6.45, 7) is 0.532. The number of amides is 1. The van der Waals surface area contributed by atoms with Crippen molar-refractivity contribution in [2.45, 2.75) is 6.54 Å². The van der Waals surface area contributed by atoms with Gasteiger partial charge in [0, 0.05) is 36.3 Å². The molecule has 0 bridgehead atoms. The van der Waals surface area contributed by atoms with Crippen molar-refractivity contribution in [1.82, 2.24) is 15.0 Å². The van der Waals surface area contributed by atoms with Crippen LogP contribution in [0, 0.1) is 0 Å². The minimum atomic E-state index is -0.208. The van der Waals surface area contributed by atoms with Crippen LogP contribution in [0.25, 0.3) is 11.3 Å². The van der Waals surface area contributed by atoms with Crippen LogP contribution >= 0.6 is 34.0 Å². The highest BCUT2D eigenvalue weighted by Gasteiger charge is 2.08. The molecule has 0 saturated heterocycles. The molecule has 4 rings (SSSR count). The number of para-hydroxylation sites is 2. The molecule has 7 nitrogen and oxygen atoms in total. The zero-order chi connectivity index (χ0) is 20.8. The van der Waals surface area contributed by atoms with Gasteiger partial charge in [-0.3, -0.25) is 9.78 Å². The Labute approximate surface area is 207 Å². The van der Waals surface area contributed by atoms with Crippen molar-refractivity contribution in [2.75, 3.05) is 16.4 Å². The molecule has 2 aromatic heterocycles. The number of anilines is 3. The van der Waals surface area contributed by atoms with Gasteiger partial charge in [-0.2, -0.15) is 0 Å². The summed E-state index contributed by atoms with van der Waals surface area (Å²) in [4.78, 5) is 25.3. The third-order valence-electron chi connectivity index (χ3n) is 4.49. The highest BCUT2D eigenvalue weighted by molar-refractivity contribution is 8.93. The highest BCUT2D eigenvalue weighted by atomic mass is 79.9. The molecule has 164 valence electrons. The molecule has 0 spiro atoms. The maximum absolute atomic E-state index is 12.4. The lowest BCUT2D eigenvalue weighted by Crippen LogP contribution is -2.13. The smallest absolute Gasteiger partial charge is 0.255 e. The number of hydrogen-bond donors (Lipinski definition) is 3. The third-order valence-corrected chi connectivity index (χ3v) is 4.49. The SMILES string of the molecule is Br.Br.Nc1ccccc1NC(=O)c1ccc(CNc2nccc(-c3cccnc3)n2)cc1. The second kappa shape index (κ2) is 11.9. The van der Waals surface area contributed by atoms with Crippen LogP contribution in [0.1, 0.15) is 15.9 Å². The summed E-state index contributed by atoms with van der Waals surface area (Å²) in [5, 5.41) is 6.03. The van der Waals surface area contributed by atoms with Gasteiger partial charge in [0.15, 0.2) is 0 Å². The van der Waals surface area contributed by atoms with E-state index < -0.39 is 0 Å². The average Bonchev–Trinajstić information content (AvgIpc) is 2.80. The second-order valence-electron chi connectivity index (χ2n) is 6.60. The largest absolute Gasteiger partial charge is 0.397 e. The summed E-state index contributed by atoms with van der Waals surface area (Å²) in [5.41, 5.74) is 10.3. The zero-order valence-corrected chi connectivity index (χ0v) is 20.4. The number of nitrogens with one attached hydrogen (secondary N) is 2. The number of halogens is 2. The molecule has 0 aliphatic rings. The number of nitrogens with two attached hydrogens (primary N) is 1. The molecular formula is C23H22Br2N6O. The fourth-order valence-corrected chi connectivity index (χ4v) is 2.88. The summed E-state index contributed by atoms with van der Waals surface area (Å²) in [5.74, 6) is 0.317. The van der Waals surface area contributed by atoms with Crippen molar-refractivity contribution >= 4 is 57.2 Å². The number of hydrogen-bond acceptors (Lipinski definition) is 6. The standard InChI is InChI=1S/C23H20N6O.2BrH/c24-19-5-1-2-6-21(19)28-22(30)17-9-7-16(8-10-17)14-27-23-26-13-11-20(29-23)18-4-3-12-25-15-18;;/h1-13,15H,14,24H2,(H,28,30)(H,26,27,29);2*1H. The quantitative estimate of drug-likeness (QED) is 0.283. The first-order chi connectivity index (χ1) is 14.7. The molecule has 0 saturated carbocycles. The van der Waals surface area contributed by atoms with Crippen molar-refractivity contribution in [1.29, 1.82) is 0 Å². The average molecular weight is 558 g/mol. The summed E-state index contributed by atoms with van der Waals surface area (Å²) in [6, 6.07) is 20.2. The fraction of sp³-hybridized carbons (Fsp3) is 0.0435. The van der Waals surface area contributed by atoms with Gasteiger partial charge in [-0.25, -0.2) is 9.97 Å².